The fraction of sp³-hybridized carbons (Fsp3) is 0.667. The fourth-order valence-corrected chi connectivity index (χ4v) is 5.82. The Labute approximate surface area is 160 Å². The van der Waals surface area contributed by atoms with Crippen LogP contribution in [0.4, 0.5) is 0 Å². The molecule has 4 heterocycles. The zero-order valence-electron chi connectivity index (χ0n) is 15.3. The molecule has 3 aliphatic rings. The summed E-state index contributed by atoms with van der Waals surface area (Å²) >= 11 is 6.70. The van der Waals surface area contributed by atoms with Gasteiger partial charge in [0, 0.05) is 42.7 Å². The fourth-order valence-electron chi connectivity index (χ4n) is 5.43. The standard InChI is InChI=1S/C21H28ClN3O/c22-17-9-11-25(18-7-2-1-5-15(17)18)13-16-14-6-3-10-23-21(14)24-20(16)19-8-4-12-26-19/h3,6,10,15,17-19H,1-2,4-5,7-9,11-13H2,(H,23,24)/t15-,17+,18-,19-/m0/s1. The highest BCUT2D eigenvalue weighted by Gasteiger charge is 2.39. The van der Waals surface area contributed by atoms with E-state index >= 15 is 0 Å². The Morgan fingerprint density at radius 1 is 1.19 bits per heavy atom. The van der Waals surface area contributed by atoms with Crippen LogP contribution in [0.25, 0.3) is 11.0 Å². The van der Waals surface area contributed by atoms with Crippen molar-refractivity contribution in [1.82, 2.24) is 14.9 Å². The van der Waals surface area contributed by atoms with Gasteiger partial charge >= 0.3 is 0 Å². The number of pyridine rings is 1. The molecule has 140 valence electrons. The first kappa shape index (κ1) is 17.0. The number of hydrogen-bond donors (Lipinski definition) is 1. The predicted octanol–water partition coefficient (Wildman–Crippen LogP) is 4.79. The molecule has 26 heavy (non-hydrogen) atoms. The van der Waals surface area contributed by atoms with Crippen LogP contribution in [0.5, 0.6) is 0 Å². The Hall–Kier alpha value is -1.10. The topological polar surface area (TPSA) is 41.1 Å². The Bertz CT molecular complexity index is 770. The molecular formula is C21H28ClN3O. The molecule has 5 heteroatoms. The van der Waals surface area contributed by atoms with E-state index in [4.69, 9.17) is 16.3 Å². The lowest BCUT2D eigenvalue weighted by atomic mass is 9.78. The summed E-state index contributed by atoms with van der Waals surface area (Å²) in [5.74, 6) is 0.661. The average Bonchev–Trinajstić information content (AvgIpc) is 3.32. The van der Waals surface area contributed by atoms with Gasteiger partial charge in [-0.15, -0.1) is 11.6 Å². The summed E-state index contributed by atoms with van der Waals surface area (Å²) in [6.07, 6.45) is 10.7. The number of fused-ring (bicyclic) bond motifs is 2. The molecule has 0 bridgehead atoms. The minimum absolute atomic E-state index is 0.201. The van der Waals surface area contributed by atoms with E-state index in [0.717, 1.165) is 44.6 Å². The molecule has 4 nitrogen and oxygen atoms in total. The predicted molar refractivity (Wildman–Crippen MR) is 104 cm³/mol. The molecule has 0 unspecified atom stereocenters. The number of hydrogen-bond acceptors (Lipinski definition) is 3. The van der Waals surface area contributed by atoms with Gasteiger partial charge in [-0.05, 0) is 55.7 Å². The Balaban J connectivity index is 1.49. The van der Waals surface area contributed by atoms with Gasteiger partial charge < -0.3 is 9.72 Å². The van der Waals surface area contributed by atoms with Crippen molar-refractivity contribution >= 4 is 22.6 Å². The molecule has 0 aromatic carbocycles. The van der Waals surface area contributed by atoms with Crippen LogP contribution < -0.4 is 0 Å². The quantitative estimate of drug-likeness (QED) is 0.786. The van der Waals surface area contributed by atoms with Crippen LogP contribution in [0.2, 0.25) is 0 Å². The third kappa shape index (κ3) is 2.96. The molecule has 5 rings (SSSR count). The third-order valence-electron chi connectivity index (χ3n) is 6.73. The number of alkyl halides is 1. The van der Waals surface area contributed by atoms with Crippen LogP contribution in [0.15, 0.2) is 18.3 Å². The zero-order chi connectivity index (χ0) is 17.5. The van der Waals surface area contributed by atoms with Gasteiger partial charge in [0.15, 0.2) is 0 Å². The smallest absolute Gasteiger partial charge is 0.137 e. The molecule has 0 spiro atoms. The van der Waals surface area contributed by atoms with Gasteiger partial charge in [-0.2, -0.15) is 0 Å². The van der Waals surface area contributed by atoms with Gasteiger partial charge in [-0.25, -0.2) is 4.98 Å². The first-order valence-electron chi connectivity index (χ1n) is 10.3. The molecule has 2 aliphatic heterocycles. The minimum Gasteiger partial charge on any atom is -0.372 e. The Morgan fingerprint density at radius 2 is 2.12 bits per heavy atom. The molecule has 1 saturated carbocycles. The van der Waals surface area contributed by atoms with Crippen LogP contribution in [-0.4, -0.2) is 39.4 Å². The van der Waals surface area contributed by atoms with Gasteiger partial charge in [0.2, 0.25) is 0 Å². The highest BCUT2D eigenvalue weighted by molar-refractivity contribution is 6.20. The van der Waals surface area contributed by atoms with Crippen molar-refractivity contribution in [3.63, 3.8) is 0 Å². The van der Waals surface area contributed by atoms with Crippen LogP contribution in [-0.2, 0) is 11.3 Å². The van der Waals surface area contributed by atoms with E-state index in [1.54, 1.807) is 0 Å². The average molecular weight is 374 g/mol. The number of piperidine rings is 1. The summed E-state index contributed by atoms with van der Waals surface area (Å²) in [6, 6.07) is 4.89. The molecule has 2 aromatic rings. The second-order valence-corrected chi connectivity index (χ2v) is 8.77. The highest BCUT2D eigenvalue weighted by atomic mass is 35.5. The summed E-state index contributed by atoms with van der Waals surface area (Å²) in [5.41, 5.74) is 3.66. The van der Waals surface area contributed by atoms with Gasteiger partial charge in [0.25, 0.3) is 0 Å². The summed E-state index contributed by atoms with van der Waals surface area (Å²) in [5, 5.41) is 1.62. The van der Waals surface area contributed by atoms with Crippen LogP contribution in [0, 0.1) is 5.92 Å². The maximum atomic E-state index is 6.70. The number of H-pyrrole nitrogens is 1. The monoisotopic (exact) mass is 373 g/mol. The molecular weight excluding hydrogens is 346 g/mol. The van der Waals surface area contributed by atoms with E-state index in [9.17, 15) is 0 Å². The SMILES string of the molecule is Cl[C@@H]1CCN(Cc2c([C@@H]3CCCO3)[nH]c3ncccc23)[C@H]2CCCC[C@@H]12. The lowest BCUT2D eigenvalue weighted by Crippen LogP contribution is -2.50. The molecule has 0 radical (unpaired) electrons. The molecule has 3 fully saturated rings. The van der Waals surface area contributed by atoms with Crippen molar-refractivity contribution in [2.75, 3.05) is 13.2 Å². The number of nitrogens with one attached hydrogen (secondary N) is 1. The van der Waals surface area contributed by atoms with Gasteiger partial charge in [0.05, 0.1) is 11.8 Å². The summed E-state index contributed by atoms with van der Waals surface area (Å²) in [7, 11) is 0. The first-order valence-corrected chi connectivity index (χ1v) is 10.7. The molecule has 0 amide bonds. The number of nitrogens with zero attached hydrogens (tertiary/aromatic N) is 2. The molecule has 1 N–H and O–H groups in total. The van der Waals surface area contributed by atoms with Crippen molar-refractivity contribution in [1.29, 1.82) is 0 Å². The van der Waals surface area contributed by atoms with Gasteiger partial charge in [-0.1, -0.05) is 12.8 Å². The van der Waals surface area contributed by atoms with Crippen molar-refractivity contribution < 1.29 is 4.74 Å². The number of rotatable bonds is 3. The number of likely N-dealkylation sites (tertiary alicyclic amines) is 1. The highest BCUT2D eigenvalue weighted by Crippen LogP contribution is 2.40. The maximum Gasteiger partial charge on any atom is 0.137 e. The van der Waals surface area contributed by atoms with E-state index in [1.165, 1.54) is 42.3 Å². The largest absolute Gasteiger partial charge is 0.372 e. The summed E-state index contributed by atoms with van der Waals surface area (Å²) in [6.45, 7) is 2.97. The lowest BCUT2D eigenvalue weighted by Gasteiger charge is -2.46. The van der Waals surface area contributed by atoms with Gasteiger partial charge in [-0.3, -0.25) is 4.90 Å². The van der Waals surface area contributed by atoms with Crippen molar-refractivity contribution in [3.05, 3.63) is 29.6 Å². The third-order valence-corrected chi connectivity index (χ3v) is 7.27. The van der Waals surface area contributed by atoms with E-state index in [0.29, 0.717) is 17.3 Å². The molecule has 1 aliphatic carbocycles. The van der Waals surface area contributed by atoms with E-state index in [2.05, 4.69) is 20.9 Å². The summed E-state index contributed by atoms with van der Waals surface area (Å²) in [4.78, 5) is 10.9. The van der Waals surface area contributed by atoms with E-state index in [1.807, 2.05) is 12.3 Å². The lowest BCUT2D eigenvalue weighted by molar-refractivity contribution is 0.0562. The summed E-state index contributed by atoms with van der Waals surface area (Å²) < 4.78 is 6.02. The van der Waals surface area contributed by atoms with Crippen LogP contribution in [0.3, 0.4) is 0 Å². The van der Waals surface area contributed by atoms with E-state index in [-0.39, 0.29) is 6.10 Å². The van der Waals surface area contributed by atoms with Gasteiger partial charge in [0.1, 0.15) is 5.65 Å². The normalized spacial score (nSPS) is 32.8. The van der Waals surface area contributed by atoms with E-state index < -0.39 is 0 Å². The number of halogens is 1. The number of aromatic amines is 1. The van der Waals surface area contributed by atoms with Crippen molar-refractivity contribution in [3.8, 4) is 0 Å². The van der Waals surface area contributed by atoms with Crippen LogP contribution >= 0.6 is 11.6 Å². The second kappa shape index (κ2) is 7.14. The molecule has 2 aromatic heterocycles. The molecule has 4 atom stereocenters. The Kier molecular flexibility index (Phi) is 4.68. The van der Waals surface area contributed by atoms with Crippen LogP contribution in [0.1, 0.15) is 62.3 Å². The number of aromatic nitrogens is 2. The second-order valence-electron chi connectivity index (χ2n) is 8.21. The van der Waals surface area contributed by atoms with Crippen molar-refractivity contribution in [2.45, 2.75) is 69.0 Å². The first-order chi connectivity index (χ1) is 12.8. The van der Waals surface area contributed by atoms with Crippen molar-refractivity contribution in [2.24, 2.45) is 5.92 Å². The molecule has 2 saturated heterocycles. The zero-order valence-corrected chi connectivity index (χ0v) is 16.0. The maximum absolute atomic E-state index is 6.70. The minimum atomic E-state index is 0.201. The Morgan fingerprint density at radius 3 is 3.00 bits per heavy atom. The number of ether oxygens (including phenoxy) is 1.